The first kappa shape index (κ1) is 13.8. The third-order valence-electron chi connectivity index (χ3n) is 3.70. The molecule has 1 aromatic carbocycles. The summed E-state index contributed by atoms with van der Waals surface area (Å²) in [6.07, 6.45) is 0.650. The van der Waals surface area contributed by atoms with Gasteiger partial charge in [0.05, 0.1) is 6.10 Å². The molecule has 0 radical (unpaired) electrons. The van der Waals surface area contributed by atoms with Crippen molar-refractivity contribution in [1.82, 2.24) is 10.2 Å². The third kappa shape index (κ3) is 3.45. The first-order chi connectivity index (χ1) is 8.56. The largest absolute Gasteiger partial charge is 0.392 e. The fraction of sp³-hybridized carbons (Fsp3) is 0.571. The van der Waals surface area contributed by atoms with Gasteiger partial charge in [0.2, 0.25) is 0 Å². The van der Waals surface area contributed by atoms with Crippen LogP contribution in [0.5, 0.6) is 0 Å². The summed E-state index contributed by atoms with van der Waals surface area (Å²) in [5.41, 5.74) is 1.23. The van der Waals surface area contributed by atoms with Crippen LogP contribution in [0.1, 0.15) is 24.9 Å². The summed E-state index contributed by atoms with van der Waals surface area (Å²) in [5.74, 6) is 0. The standard InChI is InChI=1S/C14H21ClN2O/c1-10(11-4-3-5-12(15)6-11)17(2)9-13-7-14(18)8-16-13/h3-6,10,13-14,16,18H,7-9H2,1-2H3. The zero-order chi connectivity index (χ0) is 13.1. The Labute approximate surface area is 114 Å². The molecule has 1 aliphatic heterocycles. The number of hydrogen-bond acceptors (Lipinski definition) is 3. The normalized spacial score (nSPS) is 25.6. The van der Waals surface area contributed by atoms with E-state index < -0.39 is 0 Å². The Hall–Kier alpha value is -0.610. The molecular formula is C14H21ClN2O. The smallest absolute Gasteiger partial charge is 0.0680 e. The molecule has 18 heavy (non-hydrogen) atoms. The predicted molar refractivity (Wildman–Crippen MR) is 74.9 cm³/mol. The number of β-amino-alcohol motifs (C(OH)–C–C–N with tert-alkyl or cyclic N) is 1. The average Bonchev–Trinajstić information content (AvgIpc) is 2.73. The van der Waals surface area contributed by atoms with Gasteiger partial charge >= 0.3 is 0 Å². The second-order valence-corrected chi connectivity index (χ2v) is 5.60. The summed E-state index contributed by atoms with van der Waals surface area (Å²) >= 11 is 6.02. The summed E-state index contributed by atoms with van der Waals surface area (Å²) in [7, 11) is 2.11. The molecule has 1 fully saturated rings. The molecule has 0 spiro atoms. The van der Waals surface area contributed by atoms with E-state index in [1.807, 2.05) is 18.2 Å². The Kier molecular flexibility index (Phi) is 4.62. The molecule has 2 N–H and O–H groups in total. The molecule has 3 unspecified atom stereocenters. The van der Waals surface area contributed by atoms with Gasteiger partial charge in [0.1, 0.15) is 0 Å². The Morgan fingerprint density at radius 1 is 1.56 bits per heavy atom. The number of rotatable bonds is 4. The zero-order valence-corrected chi connectivity index (χ0v) is 11.7. The van der Waals surface area contributed by atoms with E-state index in [0.29, 0.717) is 18.6 Å². The van der Waals surface area contributed by atoms with Crippen molar-refractivity contribution >= 4 is 11.6 Å². The summed E-state index contributed by atoms with van der Waals surface area (Å²) in [4.78, 5) is 2.29. The van der Waals surface area contributed by atoms with E-state index >= 15 is 0 Å². The molecule has 1 aromatic rings. The number of nitrogens with one attached hydrogen (secondary N) is 1. The number of halogens is 1. The Morgan fingerprint density at radius 3 is 2.94 bits per heavy atom. The molecule has 1 saturated heterocycles. The van der Waals surface area contributed by atoms with E-state index in [-0.39, 0.29) is 6.10 Å². The third-order valence-corrected chi connectivity index (χ3v) is 3.93. The van der Waals surface area contributed by atoms with Crippen molar-refractivity contribution in [2.75, 3.05) is 20.1 Å². The zero-order valence-electron chi connectivity index (χ0n) is 10.9. The summed E-state index contributed by atoms with van der Waals surface area (Å²) in [6.45, 7) is 3.83. The maximum atomic E-state index is 9.51. The van der Waals surface area contributed by atoms with Gasteiger partial charge in [0.25, 0.3) is 0 Å². The van der Waals surface area contributed by atoms with Gasteiger partial charge in [-0.05, 0) is 38.1 Å². The van der Waals surface area contributed by atoms with Gasteiger partial charge in [-0.15, -0.1) is 0 Å². The van der Waals surface area contributed by atoms with Crippen LogP contribution in [-0.2, 0) is 0 Å². The quantitative estimate of drug-likeness (QED) is 0.877. The molecule has 1 aliphatic rings. The lowest BCUT2D eigenvalue weighted by molar-refractivity contribution is 0.185. The predicted octanol–water partition coefficient (Wildman–Crippen LogP) is 2.06. The molecule has 4 heteroatoms. The minimum Gasteiger partial charge on any atom is -0.392 e. The SMILES string of the molecule is CC(c1cccc(Cl)c1)N(C)CC1CC(O)CN1. The van der Waals surface area contributed by atoms with E-state index in [0.717, 1.165) is 18.0 Å². The van der Waals surface area contributed by atoms with Gasteiger partial charge < -0.3 is 10.4 Å². The van der Waals surface area contributed by atoms with E-state index in [9.17, 15) is 5.11 Å². The topological polar surface area (TPSA) is 35.5 Å². The molecule has 0 amide bonds. The lowest BCUT2D eigenvalue weighted by Crippen LogP contribution is -2.36. The summed E-state index contributed by atoms with van der Waals surface area (Å²) in [6, 6.07) is 8.70. The average molecular weight is 269 g/mol. The number of aliphatic hydroxyl groups is 1. The Balaban J connectivity index is 1.94. The summed E-state index contributed by atoms with van der Waals surface area (Å²) in [5, 5.41) is 13.6. The van der Waals surface area contributed by atoms with Crippen LogP contribution < -0.4 is 5.32 Å². The lowest BCUT2D eigenvalue weighted by Gasteiger charge is -2.28. The van der Waals surface area contributed by atoms with Crippen molar-refractivity contribution in [3.8, 4) is 0 Å². The van der Waals surface area contributed by atoms with Gasteiger partial charge in [-0.2, -0.15) is 0 Å². The van der Waals surface area contributed by atoms with E-state index in [1.165, 1.54) is 5.56 Å². The molecule has 3 nitrogen and oxygen atoms in total. The monoisotopic (exact) mass is 268 g/mol. The highest BCUT2D eigenvalue weighted by Gasteiger charge is 2.24. The summed E-state index contributed by atoms with van der Waals surface area (Å²) < 4.78 is 0. The van der Waals surface area contributed by atoms with E-state index in [2.05, 4.69) is 30.3 Å². The minimum atomic E-state index is -0.190. The first-order valence-corrected chi connectivity index (χ1v) is 6.81. The fourth-order valence-corrected chi connectivity index (χ4v) is 2.66. The number of likely N-dealkylation sites (N-methyl/N-ethyl adjacent to an activating group) is 1. The van der Waals surface area contributed by atoms with Crippen LogP contribution in [0.25, 0.3) is 0 Å². The fourth-order valence-electron chi connectivity index (χ4n) is 2.46. The maximum Gasteiger partial charge on any atom is 0.0680 e. The van der Waals surface area contributed by atoms with Crippen LogP contribution in [0.2, 0.25) is 5.02 Å². The Bertz CT molecular complexity index is 399. The van der Waals surface area contributed by atoms with Crippen molar-refractivity contribution in [3.63, 3.8) is 0 Å². The molecule has 3 atom stereocenters. The molecule has 1 heterocycles. The molecular weight excluding hydrogens is 248 g/mol. The highest BCUT2D eigenvalue weighted by atomic mass is 35.5. The maximum absolute atomic E-state index is 9.51. The molecule has 0 aliphatic carbocycles. The van der Waals surface area contributed by atoms with Crippen molar-refractivity contribution in [1.29, 1.82) is 0 Å². The second-order valence-electron chi connectivity index (χ2n) is 5.17. The van der Waals surface area contributed by atoms with Crippen molar-refractivity contribution in [2.24, 2.45) is 0 Å². The van der Waals surface area contributed by atoms with Crippen LogP contribution in [0.15, 0.2) is 24.3 Å². The van der Waals surface area contributed by atoms with Gasteiger partial charge in [-0.1, -0.05) is 23.7 Å². The van der Waals surface area contributed by atoms with Crippen molar-refractivity contribution < 1.29 is 5.11 Å². The molecule has 2 rings (SSSR count). The van der Waals surface area contributed by atoms with Crippen LogP contribution >= 0.6 is 11.6 Å². The van der Waals surface area contributed by atoms with Crippen LogP contribution in [0, 0.1) is 0 Å². The van der Waals surface area contributed by atoms with Crippen LogP contribution in [0.3, 0.4) is 0 Å². The highest BCUT2D eigenvalue weighted by Crippen LogP contribution is 2.22. The molecule has 0 saturated carbocycles. The molecule has 0 bridgehead atoms. The number of hydrogen-bond donors (Lipinski definition) is 2. The first-order valence-electron chi connectivity index (χ1n) is 6.43. The molecule has 0 aromatic heterocycles. The van der Waals surface area contributed by atoms with Crippen LogP contribution in [-0.4, -0.2) is 42.3 Å². The number of aliphatic hydroxyl groups excluding tert-OH is 1. The van der Waals surface area contributed by atoms with Crippen molar-refractivity contribution in [2.45, 2.75) is 31.5 Å². The van der Waals surface area contributed by atoms with Crippen LogP contribution in [0.4, 0.5) is 0 Å². The van der Waals surface area contributed by atoms with Gasteiger partial charge in [0, 0.05) is 30.2 Å². The highest BCUT2D eigenvalue weighted by molar-refractivity contribution is 6.30. The number of benzene rings is 1. The second kappa shape index (κ2) is 6.02. The Morgan fingerprint density at radius 2 is 2.33 bits per heavy atom. The minimum absolute atomic E-state index is 0.190. The number of nitrogens with zero attached hydrogens (tertiary/aromatic N) is 1. The van der Waals surface area contributed by atoms with E-state index in [4.69, 9.17) is 11.6 Å². The van der Waals surface area contributed by atoms with Crippen molar-refractivity contribution in [3.05, 3.63) is 34.9 Å². The molecule has 100 valence electrons. The lowest BCUT2D eigenvalue weighted by atomic mass is 10.1. The van der Waals surface area contributed by atoms with Gasteiger partial charge in [-0.3, -0.25) is 4.90 Å². The van der Waals surface area contributed by atoms with E-state index in [1.54, 1.807) is 0 Å². The van der Waals surface area contributed by atoms with Gasteiger partial charge in [-0.25, -0.2) is 0 Å². The van der Waals surface area contributed by atoms with Gasteiger partial charge in [0.15, 0.2) is 0 Å².